The van der Waals surface area contributed by atoms with E-state index in [1.807, 2.05) is 13.8 Å². The number of nitrogens with one attached hydrogen (secondary N) is 2. The lowest BCUT2D eigenvalue weighted by atomic mass is 10.1. The maximum Gasteiger partial charge on any atom is 0.412 e. The summed E-state index contributed by atoms with van der Waals surface area (Å²) in [4.78, 5) is 36.9. The molecule has 0 atom stereocenters. The van der Waals surface area contributed by atoms with Crippen molar-refractivity contribution in [2.75, 3.05) is 18.5 Å². The minimum Gasteiger partial charge on any atom is -0.494 e. The molecule has 0 aliphatic carbocycles. The molecule has 0 aromatic heterocycles. The third-order valence-electron chi connectivity index (χ3n) is 4.23. The Morgan fingerprint density at radius 2 is 1.72 bits per heavy atom. The van der Waals surface area contributed by atoms with Crippen LogP contribution in [0.15, 0.2) is 42.5 Å². The zero-order chi connectivity index (χ0) is 23.5. The van der Waals surface area contributed by atoms with Crippen molar-refractivity contribution in [3.05, 3.63) is 53.6 Å². The van der Waals surface area contributed by atoms with Crippen molar-refractivity contribution in [1.82, 2.24) is 5.32 Å². The van der Waals surface area contributed by atoms with Gasteiger partial charge in [-0.3, -0.25) is 4.79 Å². The van der Waals surface area contributed by atoms with Gasteiger partial charge in [0, 0.05) is 18.3 Å². The van der Waals surface area contributed by atoms with Crippen LogP contribution in [0.5, 0.6) is 11.5 Å². The van der Waals surface area contributed by atoms with Crippen molar-refractivity contribution in [3.8, 4) is 11.5 Å². The van der Waals surface area contributed by atoms with Crippen LogP contribution in [-0.2, 0) is 4.74 Å². The molecular formula is C24H30N2O6. The number of carbonyl (C=O) groups is 3. The van der Waals surface area contributed by atoms with Crippen molar-refractivity contribution >= 4 is 23.7 Å². The van der Waals surface area contributed by atoms with Gasteiger partial charge in [0.05, 0.1) is 23.8 Å². The highest BCUT2D eigenvalue weighted by Crippen LogP contribution is 2.26. The Hall–Kier alpha value is -3.55. The van der Waals surface area contributed by atoms with E-state index >= 15 is 0 Å². The Labute approximate surface area is 188 Å². The maximum atomic E-state index is 12.9. The van der Waals surface area contributed by atoms with Crippen LogP contribution in [0.3, 0.4) is 0 Å². The molecule has 32 heavy (non-hydrogen) atoms. The molecule has 172 valence electrons. The van der Waals surface area contributed by atoms with Crippen LogP contribution < -0.4 is 20.1 Å². The lowest BCUT2D eigenvalue weighted by Gasteiger charge is -2.13. The van der Waals surface area contributed by atoms with Crippen LogP contribution in [-0.4, -0.2) is 37.2 Å². The Bertz CT molecular complexity index is 925. The summed E-state index contributed by atoms with van der Waals surface area (Å²) >= 11 is 0. The molecule has 0 fully saturated rings. The number of carbonyl (C=O) groups excluding carboxylic acids is 3. The number of anilines is 1. The summed E-state index contributed by atoms with van der Waals surface area (Å²) in [5.74, 6) is -0.343. The van der Waals surface area contributed by atoms with Crippen LogP contribution >= 0.6 is 0 Å². The number of unbranched alkanes of at least 4 members (excludes halogenated alkanes) is 1. The summed E-state index contributed by atoms with van der Waals surface area (Å²) in [7, 11) is 0. The molecule has 0 unspecified atom stereocenters. The highest BCUT2D eigenvalue weighted by atomic mass is 16.6. The second-order valence-electron chi connectivity index (χ2n) is 7.25. The molecule has 2 amide bonds. The summed E-state index contributed by atoms with van der Waals surface area (Å²) in [5.41, 5.74) is 1.02. The first kappa shape index (κ1) is 24.7. The third kappa shape index (κ3) is 7.61. The fraction of sp³-hybridized carbons (Fsp3) is 0.375. The normalized spacial score (nSPS) is 10.4. The molecule has 2 rings (SSSR count). The largest absolute Gasteiger partial charge is 0.494 e. The number of hydrogen-bond donors (Lipinski definition) is 2. The van der Waals surface area contributed by atoms with Crippen molar-refractivity contribution in [2.45, 2.75) is 46.6 Å². The minimum absolute atomic E-state index is 0.0829. The van der Waals surface area contributed by atoms with E-state index < -0.39 is 18.0 Å². The van der Waals surface area contributed by atoms with Crippen LogP contribution in [0, 0.1) is 0 Å². The quantitative estimate of drug-likeness (QED) is 0.405. The molecule has 2 aromatic carbocycles. The smallest absolute Gasteiger partial charge is 0.412 e. The molecular weight excluding hydrogens is 412 g/mol. The van der Waals surface area contributed by atoms with E-state index in [2.05, 4.69) is 10.6 Å². The third-order valence-corrected chi connectivity index (χ3v) is 4.23. The highest BCUT2D eigenvalue weighted by Gasteiger charge is 2.17. The topological polar surface area (TPSA) is 103 Å². The number of esters is 1. The van der Waals surface area contributed by atoms with E-state index in [4.69, 9.17) is 14.2 Å². The van der Waals surface area contributed by atoms with Crippen molar-refractivity contribution in [3.63, 3.8) is 0 Å². The van der Waals surface area contributed by atoms with E-state index in [0.29, 0.717) is 30.2 Å². The number of ether oxygens (including phenoxy) is 3. The Balaban J connectivity index is 2.15. The first-order chi connectivity index (χ1) is 15.3. The summed E-state index contributed by atoms with van der Waals surface area (Å²) in [6.45, 7) is 8.30. The first-order valence-corrected chi connectivity index (χ1v) is 10.7. The monoisotopic (exact) mass is 442 g/mol. The fourth-order valence-electron chi connectivity index (χ4n) is 2.70. The predicted molar refractivity (Wildman–Crippen MR) is 121 cm³/mol. The van der Waals surface area contributed by atoms with Gasteiger partial charge in [0.2, 0.25) is 0 Å². The molecule has 0 saturated carbocycles. The van der Waals surface area contributed by atoms with Crippen molar-refractivity contribution in [2.24, 2.45) is 0 Å². The van der Waals surface area contributed by atoms with Gasteiger partial charge in [0.15, 0.2) is 0 Å². The zero-order valence-corrected chi connectivity index (χ0v) is 18.9. The van der Waals surface area contributed by atoms with Gasteiger partial charge in [-0.05, 0) is 63.6 Å². The van der Waals surface area contributed by atoms with Crippen LogP contribution in [0.2, 0.25) is 0 Å². The van der Waals surface area contributed by atoms with E-state index in [1.54, 1.807) is 44.2 Å². The lowest BCUT2D eigenvalue weighted by molar-refractivity contribution is 0.0378. The second-order valence-corrected chi connectivity index (χ2v) is 7.25. The molecule has 0 aliphatic heterocycles. The van der Waals surface area contributed by atoms with Gasteiger partial charge >= 0.3 is 12.1 Å². The zero-order valence-electron chi connectivity index (χ0n) is 18.9. The molecule has 8 nitrogen and oxygen atoms in total. The van der Waals surface area contributed by atoms with Crippen LogP contribution in [0.4, 0.5) is 10.5 Å². The number of rotatable bonds is 10. The van der Waals surface area contributed by atoms with Crippen molar-refractivity contribution < 1.29 is 28.6 Å². The molecule has 0 saturated heterocycles. The minimum atomic E-state index is -0.644. The predicted octanol–water partition coefficient (Wildman–Crippen LogP) is 4.79. The molecule has 8 heteroatoms. The summed E-state index contributed by atoms with van der Waals surface area (Å²) in [6, 6.07) is 11.0. The Morgan fingerprint density at radius 3 is 2.34 bits per heavy atom. The summed E-state index contributed by atoms with van der Waals surface area (Å²) < 4.78 is 16.0. The molecule has 2 N–H and O–H groups in total. The van der Waals surface area contributed by atoms with Gasteiger partial charge in [-0.15, -0.1) is 0 Å². The summed E-state index contributed by atoms with van der Waals surface area (Å²) in [6.07, 6.45) is 0.887. The molecule has 2 aromatic rings. The van der Waals surface area contributed by atoms with Gasteiger partial charge in [0.1, 0.15) is 11.5 Å². The highest BCUT2D eigenvalue weighted by molar-refractivity contribution is 6.06. The van der Waals surface area contributed by atoms with Gasteiger partial charge in [0.25, 0.3) is 5.91 Å². The van der Waals surface area contributed by atoms with E-state index in [-0.39, 0.29) is 17.4 Å². The second kappa shape index (κ2) is 12.3. The number of benzene rings is 2. The summed E-state index contributed by atoms with van der Waals surface area (Å²) in [5, 5.41) is 5.39. The fourth-order valence-corrected chi connectivity index (χ4v) is 2.70. The lowest BCUT2D eigenvalue weighted by Crippen LogP contribution is -2.28. The standard InChI is InChI=1S/C24H30N2O6/c1-5-7-14-25-24(29)32-21-15-19(30-6-2)12-13-20(21)22(27)26-18-10-8-17(9-11-18)23(28)31-16(3)4/h8-13,15-16H,5-7,14H2,1-4H3,(H,25,29)(H,26,27). The Morgan fingerprint density at radius 1 is 1.00 bits per heavy atom. The average molecular weight is 443 g/mol. The molecule has 0 spiro atoms. The van der Waals surface area contributed by atoms with Gasteiger partial charge in [-0.2, -0.15) is 0 Å². The number of hydrogen-bond acceptors (Lipinski definition) is 6. The van der Waals surface area contributed by atoms with E-state index in [0.717, 1.165) is 12.8 Å². The van der Waals surface area contributed by atoms with Crippen molar-refractivity contribution in [1.29, 1.82) is 0 Å². The van der Waals surface area contributed by atoms with Gasteiger partial charge < -0.3 is 24.8 Å². The SMILES string of the molecule is CCCCNC(=O)Oc1cc(OCC)ccc1C(=O)Nc1ccc(C(=O)OC(C)C)cc1. The molecule has 0 radical (unpaired) electrons. The van der Waals surface area contributed by atoms with Gasteiger partial charge in [-0.25, -0.2) is 9.59 Å². The Kier molecular flexibility index (Phi) is 9.53. The number of amides is 2. The first-order valence-electron chi connectivity index (χ1n) is 10.7. The van der Waals surface area contributed by atoms with Crippen LogP contribution in [0.1, 0.15) is 61.3 Å². The van der Waals surface area contributed by atoms with E-state index in [1.165, 1.54) is 12.1 Å². The maximum absolute atomic E-state index is 12.9. The van der Waals surface area contributed by atoms with Crippen LogP contribution in [0.25, 0.3) is 0 Å². The van der Waals surface area contributed by atoms with Gasteiger partial charge in [-0.1, -0.05) is 13.3 Å². The molecule has 0 bridgehead atoms. The molecule has 0 heterocycles. The van der Waals surface area contributed by atoms with E-state index in [9.17, 15) is 14.4 Å². The average Bonchev–Trinajstić information content (AvgIpc) is 2.74. The molecule has 0 aliphatic rings.